The molecule has 1 heterocycles. The fourth-order valence-corrected chi connectivity index (χ4v) is 3.78. The molecule has 1 aliphatic rings. The third-order valence-corrected chi connectivity index (χ3v) is 4.82. The Morgan fingerprint density at radius 1 is 1.04 bits per heavy atom. The topological polar surface area (TPSA) is 48.0 Å². The Morgan fingerprint density at radius 2 is 1.69 bits per heavy atom. The van der Waals surface area contributed by atoms with Gasteiger partial charge in [-0.3, -0.25) is 4.79 Å². The first-order valence-corrected chi connectivity index (χ1v) is 8.78. The van der Waals surface area contributed by atoms with Crippen LogP contribution in [-0.4, -0.2) is 33.8 Å². The lowest BCUT2D eigenvalue weighted by atomic mass is 9.97. The second kappa shape index (κ2) is 7.46. The maximum Gasteiger partial charge on any atom is 0.258 e. The molecule has 0 spiro atoms. The normalized spacial score (nSPS) is 13.2. The van der Waals surface area contributed by atoms with Gasteiger partial charge in [0.15, 0.2) is 11.5 Å². The Balaban J connectivity index is 2.07. The summed E-state index contributed by atoms with van der Waals surface area (Å²) in [6, 6.07) is 7.20. The van der Waals surface area contributed by atoms with Crippen molar-refractivity contribution in [3.8, 4) is 17.2 Å². The maximum atomic E-state index is 13.3. The second-order valence-corrected chi connectivity index (χ2v) is 6.64. The molecule has 0 atom stereocenters. The van der Waals surface area contributed by atoms with Crippen LogP contribution in [-0.2, 0) is 6.42 Å². The van der Waals surface area contributed by atoms with E-state index in [9.17, 15) is 4.79 Å². The molecule has 0 aliphatic carbocycles. The van der Waals surface area contributed by atoms with Crippen molar-refractivity contribution in [2.75, 3.05) is 32.8 Å². The van der Waals surface area contributed by atoms with Crippen LogP contribution in [0.4, 0.5) is 5.69 Å². The highest BCUT2D eigenvalue weighted by Gasteiger charge is 2.27. The predicted molar refractivity (Wildman–Crippen MR) is 102 cm³/mol. The van der Waals surface area contributed by atoms with Crippen molar-refractivity contribution in [2.24, 2.45) is 0 Å². The van der Waals surface area contributed by atoms with Gasteiger partial charge in [0, 0.05) is 17.1 Å². The highest BCUT2D eigenvalue weighted by Crippen LogP contribution is 2.40. The number of carbonyl (C=O) groups is 1. The van der Waals surface area contributed by atoms with Gasteiger partial charge >= 0.3 is 0 Å². The summed E-state index contributed by atoms with van der Waals surface area (Å²) in [5, 5.41) is 0.698. The van der Waals surface area contributed by atoms with Crippen molar-refractivity contribution in [1.29, 1.82) is 0 Å². The third kappa shape index (κ3) is 3.19. The van der Waals surface area contributed by atoms with Crippen LogP contribution in [0.5, 0.6) is 17.2 Å². The molecule has 0 bridgehead atoms. The van der Waals surface area contributed by atoms with Crippen molar-refractivity contribution in [2.45, 2.75) is 19.8 Å². The Hall–Kier alpha value is -2.40. The van der Waals surface area contributed by atoms with Crippen molar-refractivity contribution in [3.63, 3.8) is 0 Å². The summed E-state index contributed by atoms with van der Waals surface area (Å²) < 4.78 is 16.1. The molecule has 0 unspecified atom stereocenters. The van der Waals surface area contributed by atoms with Gasteiger partial charge in [0.2, 0.25) is 5.75 Å². The molecule has 138 valence electrons. The molecule has 1 aliphatic heterocycles. The molecule has 5 nitrogen and oxygen atoms in total. The van der Waals surface area contributed by atoms with E-state index in [2.05, 4.69) is 0 Å². The van der Waals surface area contributed by atoms with E-state index in [-0.39, 0.29) is 5.91 Å². The number of methoxy groups -OCH3 is 3. The van der Waals surface area contributed by atoms with Crippen LogP contribution < -0.4 is 19.1 Å². The summed E-state index contributed by atoms with van der Waals surface area (Å²) in [7, 11) is 4.61. The fraction of sp³-hybridized carbons (Fsp3) is 0.350. The zero-order valence-electron chi connectivity index (χ0n) is 15.4. The Bertz CT molecular complexity index is 825. The first kappa shape index (κ1) is 18.4. The molecule has 0 N–H and O–H groups in total. The van der Waals surface area contributed by atoms with Gasteiger partial charge in [-0.1, -0.05) is 11.6 Å². The van der Waals surface area contributed by atoms with Gasteiger partial charge in [0.05, 0.1) is 27.0 Å². The van der Waals surface area contributed by atoms with E-state index < -0.39 is 0 Å². The minimum atomic E-state index is -0.101. The monoisotopic (exact) mass is 375 g/mol. The number of nitrogens with zero attached hydrogens (tertiary/aromatic N) is 1. The molecular weight excluding hydrogens is 354 g/mol. The van der Waals surface area contributed by atoms with E-state index in [0.29, 0.717) is 34.4 Å². The zero-order chi connectivity index (χ0) is 18.8. The van der Waals surface area contributed by atoms with E-state index in [1.807, 2.05) is 24.0 Å². The number of amides is 1. The number of hydrogen-bond acceptors (Lipinski definition) is 4. The predicted octanol–water partition coefficient (Wildman–Crippen LogP) is 4.27. The van der Waals surface area contributed by atoms with E-state index in [0.717, 1.165) is 29.7 Å². The molecule has 1 amide bonds. The molecular formula is C20H22ClNO4. The summed E-state index contributed by atoms with van der Waals surface area (Å²) >= 11 is 6.19. The van der Waals surface area contributed by atoms with Crippen LogP contribution in [0.1, 0.15) is 27.9 Å². The zero-order valence-corrected chi connectivity index (χ0v) is 16.1. The number of fused-ring (bicyclic) bond motifs is 1. The molecule has 2 aromatic rings. The van der Waals surface area contributed by atoms with Gasteiger partial charge in [-0.2, -0.15) is 0 Å². The molecule has 0 radical (unpaired) electrons. The van der Waals surface area contributed by atoms with Crippen LogP contribution in [0, 0.1) is 6.92 Å². The first-order valence-electron chi connectivity index (χ1n) is 8.41. The lowest BCUT2D eigenvalue weighted by Crippen LogP contribution is -2.36. The summed E-state index contributed by atoms with van der Waals surface area (Å²) in [6.45, 7) is 2.64. The highest BCUT2D eigenvalue weighted by molar-refractivity contribution is 6.31. The largest absolute Gasteiger partial charge is 0.493 e. The van der Waals surface area contributed by atoms with Gasteiger partial charge < -0.3 is 19.1 Å². The minimum Gasteiger partial charge on any atom is -0.493 e. The number of halogens is 1. The van der Waals surface area contributed by atoms with Crippen LogP contribution in [0.15, 0.2) is 24.3 Å². The van der Waals surface area contributed by atoms with Crippen LogP contribution in [0.25, 0.3) is 0 Å². The second-order valence-electron chi connectivity index (χ2n) is 6.20. The SMILES string of the molecule is COc1cc(C(=O)N2CCCc3cc(Cl)cc(C)c32)cc(OC)c1OC. The number of rotatable bonds is 4. The summed E-state index contributed by atoms with van der Waals surface area (Å²) in [5.41, 5.74) is 3.52. The van der Waals surface area contributed by atoms with Crippen molar-refractivity contribution in [3.05, 3.63) is 46.0 Å². The van der Waals surface area contributed by atoms with E-state index in [1.54, 1.807) is 12.1 Å². The van der Waals surface area contributed by atoms with Crippen molar-refractivity contribution >= 4 is 23.2 Å². The number of aryl methyl sites for hydroxylation is 2. The number of ether oxygens (including phenoxy) is 3. The standard InChI is InChI=1S/C20H22ClNO4/c1-12-8-15(21)9-13-6-5-7-22(18(12)13)20(23)14-10-16(24-2)19(26-4)17(11-14)25-3/h8-11H,5-7H2,1-4H3. The van der Waals surface area contributed by atoms with Crippen LogP contribution >= 0.6 is 11.6 Å². The summed E-state index contributed by atoms with van der Waals surface area (Å²) in [6.07, 6.45) is 1.80. The van der Waals surface area contributed by atoms with Gasteiger partial charge in [-0.05, 0) is 55.2 Å². The number of carbonyl (C=O) groups excluding carboxylic acids is 1. The van der Waals surface area contributed by atoms with E-state index in [1.165, 1.54) is 21.3 Å². The molecule has 2 aromatic carbocycles. The minimum absolute atomic E-state index is 0.101. The number of benzene rings is 2. The van der Waals surface area contributed by atoms with E-state index >= 15 is 0 Å². The van der Waals surface area contributed by atoms with Gasteiger partial charge in [0.1, 0.15) is 0 Å². The maximum absolute atomic E-state index is 13.3. The lowest BCUT2D eigenvalue weighted by Gasteiger charge is -2.31. The molecule has 0 fully saturated rings. The Kier molecular flexibility index (Phi) is 5.28. The average molecular weight is 376 g/mol. The van der Waals surface area contributed by atoms with Crippen LogP contribution in [0.2, 0.25) is 5.02 Å². The molecule has 6 heteroatoms. The fourth-order valence-electron chi connectivity index (χ4n) is 3.48. The van der Waals surface area contributed by atoms with Gasteiger partial charge in [0.25, 0.3) is 5.91 Å². The summed E-state index contributed by atoms with van der Waals surface area (Å²) in [5.74, 6) is 1.28. The number of hydrogen-bond donors (Lipinski definition) is 0. The Morgan fingerprint density at radius 3 is 2.27 bits per heavy atom. The van der Waals surface area contributed by atoms with Crippen molar-refractivity contribution < 1.29 is 19.0 Å². The average Bonchev–Trinajstić information content (AvgIpc) is 2.65. The third-order valence-electron chi connectivity index (χ3n) is 4.60. The molecule has 0 saturated heterocycles. The van der Waals surface area contributed by atoms with Gasteiger partial charge in [-0.25, -0.2) is 0 Å². The molecule has 26 heavy (non-hydrogen) atoms. The van der Waals surface area contributed by atoms with E-state index in [4.69, 9.17) is 25.8 Å². The van der Waals surface area contributed by atoms with Gasteiger partial charge in [-0.15, -0.1) is 0 Å². The highest BCUT2D eigenvalue weighted by atomic mass is 35.5. The summed E-state index contributed by atoms with van der Waals surface area (Å²) in [4.78, 5) is 15.1. The van der Waals surface area contributed by atoms with Crippen molar-refractivity contribution in [1.82, 2.24) is 0 Å². The Labute approximate surface area is 158 Å². The molecule has 0 saturated carbocycles. The quantitative estimate of drug-likeness (QED) is 0.800. The smallest absolute Gasteiger partial charge is 0.258 e. The first-order chi connectivity index (χ1) is 12.5. The lowest BCUT2D eigenvalue weighted by molar-refractivity contribution is 0.0984. The molecule has 0 aromatic heterocycles. The number of anilines is 1. The molecule has 3 rings (SSSR count). The van der Waals surface area contributed by atoms with Crippen LogP contribution in [0.3, 0.4) is 0 Å².